The summed E-state index contributed by atoms with van der Waals surface area (Å²) in [5.74, 6) is -3.74. The van der Waals surface area contributed by atoms with Gasteiger partial charge in [0.15, 0.2) is 12.4 Å². The Hall–Kier alpha value is -3.76. The van der Waals surface area contributed by atoms with E-state index in [9.17, 15) is 27.9 Å². The van der Waals surface area contributed by atoms with E-state index < -0.39 is 29.5 Å². The lowest BCUT2D eigenvalue weighted by atomic mass is 9.99. The number of aliphatic hydroxyl groups excluding tert-OH is 1. The molecule has 1 unspecified atom stereocenters. The highest BCUT2D eigenvalue weighted by atomic mass is 19.1. The number of benzene rings is 2. The van der Waals surface area contributed by atoms with Crippen molar-refractivity contribution in [3.8, 4) is 11.1 Å². The fraction of sp³-hybridized carbons (Fsp3) is 0.240. The number of amides is 1. The monoisotopic (exact) mass is 486 g/mol. The van der Waals surface area contributed by atoms with Crippen molar-refractivity contribution in [2.45, 2.75) is 31.9 Å². The Labute approximate surface area is 200 Å². The molecule has 1 saturated carbocycles. The Morgan fingerprint density at radius 1 is 1.17 bits per heavy atom. The third-order valence-electron chi connectivity index (χ3n) is 5.47. The molecule has 35 heavy (non-hydrogen) atoms. The zero-order chi connectivity index (χ0) is 25.7. The summed E-state index contributed by atoms with van der Waals surface area (Å²) < 4.78 is 41.4. The SMILES string of the molecule is CNC1CC1.Cc1c(-c2cnc(N)c(C=O)c2)ccc(NC(=O)C(O)c2cc(F)cc(F)c2)c1F. The maximum Gasteiger partial charge on any atom is 0.257 e. The Morgan fingerprint density at radius 2 is 1.83 bits per heavy atom. The van der Waals surface area contributed by atoms with E-state index in [1.54, 1.807) is 0 Å². The second-order valence-electron chi connectivity index (χ2n) is 8.07. The second-order valence-corrected chi connectivity index (χ2v) is 8.07. The highest BCUT2D eigenvalue weighted by Crippen LogP contribution is 2.30. The number of aromatic nitrogens is 1. The number of carbonyl (C=O) groups is 2. The fourth-order valence-electron chi connectivity index (χ4n) is 3.29. The van der Waals surface area contributed by atoms with Crippen molar-refractivity contribution in [2.75, 3.05) is 18.1 Å². The third kappa shape index (κ3) is 6.43. The van der Waals surface area contributed by atoms with E-state index in [0.29, 0.717) is 23.5 Å². The zero-order valence-electron chi connectivity index (χ0n) is 19.1. The molecule has 0 aliphatic heterocycles. The molecule has 10 heteroatoms. The van der Waals surface area contributed by atoms with Crippen LogP contribution in [0.15, 0.2) is 42.6 Å². The standard InChI is InChI=1S/C21H16F3N3O3.C4H9N/c1-10-16(12-4-13(9-28)20(25)26-8-12)2-3-17(18(10)24)27-21(30)19(29)11-5-14(22)7-15(23)6-11;1-5-4-2-3-4/h2-9,19,29H,1H3,(H2,25,26)(H,27,30);4-5H,2-3H2,1H3. The predicted molar refractivity (Wildman–Crippen MR) is 126 cm³/mol. The summed E-state index contributed by atoms with van der Waals surface area (Å²) in [6.07, 6.45) is 2.80. The molecule has 2 aromatic carbocycles. The van der Waals surface area contributed by atoms with Gasteiger partial charge in [-0.25, -0.2) is 18.2 Å². The molecule has 7 nitrogen and oxygen atoms in total. The Bertz CT molecular complexity index is 1230. The molecule has 1 fully saturated rings. The van der Waals surface area contributed by atoms with Gasteiger partial charge in [-0.15, -0.1) is 0 Å². The second kappa shape index (κ2) is 11.1. The number of nitrogens with one attached hydrogen (secondary N) is 2. The minimum atomic E-state index is -1.91. The van der Waals surface area contributed by atoms with Crippen LogP contribution in [0, 0.1) is 24.4 Å². The van der Waals surface area contributed by atoms with E-state index in [2.05, 4.69) is 15.6 Å². The first kappa shape index (κ1) is 25.9. The van der Waals surface area contributed by atoms with Gasteiger partial charge >= 0.3 is 0 Å². The number of aldehydes is 1. The number of halogens is 3. The molecule has 1 atom stereocenters. The molecule has 0 radical (unpaired) electrons. The van der Waals surface area contributed by atoms with Crippen molar-refractivity contribution in [1.29, 1.82) is 0 Å². The lowest BCUT2D eigenvalue weighted by molar-refractivity contribution is -0.124. The number of nitrogens with zero attached hydrogens (tertiary/aromatic N) is 1. The van der Waals surface area contributed by atoms with E-state index in [0.717, 1.165) is 18.2 Å². The molecule has 5 N–H and O–H groups in total. The molecule has 1 amide bonds. The van der Waals surface area contributed by atoms with Crippen LogP contribution in [-0.4, -0.2) is 35.4 Å². The Kier molecular flexibility index (Phi) is 8.21. The maximum absolute atomic E-state index is 14.8. The van der Waals surface area contributed by atoms with Gasteiger partial charge in [0, 0.05) is 23.9 Å². The van der Waals surface area contributed by atoms with Crippen molar-refractivity contribution in [3.05, 3.63) is 76.7 Å². The van der Waals surface area contributed by atoms with Crippen LogP contribution < -0.4 is 16.4 Å². The summed E-state index contributed by atoms with van der Waals surface area (Å²) in [4.78, 5) is 27.2. The van der Waals surface area contributed by atoms with Crippen LogP contribution in [0.2, 0.25) is 0 Å². The number of nitrogen functional groups attached to an aromatic ring is 1. The molecule has 0 spiro atoms. The van der Waals surface area contributed by atoms with Gasteiger partial charge in [-0.1, -0.05) is 6.07 Å². The summed E-state index contributed by atoms with van der Waals surface area (Å²) in [6, 6.07) is 7.29. The summed E-state index contributed by atoms with van der Waals surface area (Å²) >= 11 is 0. The Morgan fingerprint density at radius 3 is 2.37 bits per heavy atom. The van der Waals surface area contributed by atoms with Crippen molar-refractivity contribution in [3.63, 3.8) is 0 Å². The van der Waals surface area contributed by atoms with Crippen molar-refractivity contribution in [1.82, 2.24) is 10.3 Å². The predicted octanol–water partition coefficient (Wildman–Crippen LogP) is 3.91. The molecule has 1 aromatic heterocycles. The lowest BCUT2D eigenvalue weighted by Crippen LogP contribution is -2.22. The van der Waals surface area contributed by atoms with Crippen LogP contribution in [-0.2, 0) is 4.79 Å². The number of nitrogens with two attached hydrogens (primary N) is 1. The van der Waals surface area contributed by atoms with Crippen LogP contribution in [0.5, 0.6) is 0 Å². The number of pyridine rings is 1. The van der Waals surface area contributed by atoms with Crippen LogP contribution in [0.1, 0.15) is 40.4 Å². The van der Waals surface area contributed by atoms with Crippen molar-refractivity contribution < 1.29 is 27.9 Å². The summed E-state index contributed by atoms with van der Waals surface area (Å²) in [6.45, 7) is 1.45. The van der Waals surface area contributed by atoms with E-state index >= 15 is 0 Å². The number of hydrogen-bond acceptors (Lipinski definition) is 6. The average Bonchev–Trinajstić information content (AvgIpc) is 3.67. The number of carbonyl (C=O) groups excluding carboxylic acids is 2. The van der Waals surface area contributed by atoms with Gasteiger partial charge in [0.1, 0.15) is 23.3 Å². The summed E-state index contributed by atoms with van der Waals surface area (Å²) in [7, 11) is 2.01. The highest BCUT2D eigenvalue weighted by Gasteiger charge is 2.22. The van der Waals surface area contributed by atoms with Gasteiger partial charge in [-0.05, 0) is 67.8 Å². The number of anilines is 2. The lowest BCUT2D eigenvalue weighted by Gasteiger charge is -2.15. The van der Waals surface area contributed by atoms with Gasteiger partial charge in [0.05, 0.1) is 11.3 Å². The number of aliphatic hydroxyl groups is 1. The molecule has 184 valence electrons. The Balaban J connectivity index is 0.000000607. The first-order chi connectivity index (χ1) is 16.6. The van der Waals surface area contributed by atoms with Crippen molar-refractivity contribution >= 4 is 23.7 Å². The number of hydrogen-bond donors (Lipinski definition) is 4. The van der Waals surface area contributed by atoms with E-state index in [1.165, 1.54) is 44.2 Å². The smallest absolute Gasteiger partial charge is 0.257 e. The van der Waals surface area contributed by atoms with Crippen molar-refractivity contribution in [2.24, 2.45) is 0 Å². The zero-order valence-corrected chi connectivity index (χ0v) is 19.1. The fourth-order valence-corrected chi connectivity index (χ4v) is 3.29. The molecular weight excluding hydrogens is 461 g/mol. The van der Waals surface area contributed by atoms with Gasteiger partial charge < -0.3 is 21.5 Å². The normalized spacial score (nSPS) is 13.4. The molecule has 1 heterocycles. The van der Waals surface area contributed by atoms with Crippen LogP contribution in [0.3, 0.4) is 0 Å². The highest BCUT2D eigenvalue weighted by molar-refractivity contribution is 5.95. The van der Waals surface area contributed by atoms with E-state index in [1.807, 2.05) is 7.05 Å². The van der Waals surface area contributed by atoms with Gasteiger partial charge in [0.25, 0.3) is 5.91 Å². The van der Waals surface area contributed by atoms with Crippen LogP contribution >= 0.6 is 0 Å². The topological polar surface area (TPSA) is 117 Å². The quantitative estimate of drug-likeness (QED) is 0.393. The third-order valence-corrected chi connectivity index (χ3v) is 5.47. The first-order valence-corrected chi connectivity index (χ1v) is 10.8. The van der Waals surface area contributed by atoms with Gasteiger partial charge in [-0.2, -0.15) is 0 Å². The molecular formula is C25H25F3N4O3. The molecule has 0 bridgehead atoms. The largest absolute Gasteiger partial charge is 0.383 e. The molecule has 3 aromatic rings. The minimum absolute atomic E-state index is 0.0403. The first-order valence-electron chi connectivity index (χ1n) is 10.8. The number of rotatable bonds is 6. The van der Waals surface area contributed by atoms with Crippen LogP contribution in [0.4, 0.5) is 24.7 Å². The molecule has 0 saturated heterocycles. The summed E-state index contributed by atoms with van der Waals surface area (Å²) in [5.41, 5.74) is 6.17. The van der Waals surface area contributed by atoms with Gasteiger partial charge in [0.2, 0.25) is 0 Å². The van der Waals surface area contributed by atoms with E-state index in [-0.39, 0.29) is 28.2 Å². The molecule has 1 aliphatic rings. The molecule has 4 rings (SSSR count). The summed E-state index contributed by atoms with van der Waals surface area (Å²) in [5, 5.41) is 15.4. The van der Waals surface area contributed by atoms with Crippen LogP contribution in [0.25, 0.3) is 11.1 Å². The minimum Gasteiger partial charge on any atom is -0.383 e. The van der Waals surface area contributed by atoms with Gasteiger partial charge in [-0.3, -0.25) is 9.59 Å². The van der Waals surface area contributed by atoms with E-state index in [4.69, 9.17) is 5.73 Å². The maximum atomic E-state index is 14.8. The average molecular weight is 486 g/mol. The molecule has 1 aliphatic carbocycles.